The number of nitrogens with zero attached hydrogens (tertiary/aromatic N) is 1. The molecule has 0 aliphatic heterocycles. The van der Waals surface area contributed by atoms with E-state index in [0.717, 1.165) is 0 Å². The third kappa shape index (κ3) is 4.14. The predicted molar refractivity (Wildman–Crippen MR) is 73.5 cm³/mol. The van der Waals surface area contributed by atoms with E-state index in [1.807, 2.05) is 13.8 Å². The molecule has 0 spiro atoms. The molecule has 1 rings (SSSR count). The van der Waals surface area contributed by atoms with Crippen LogP contribution in [0.5, 0.6) is 0 Å². The monoisotopic (exact) mass is 272 g/mol. The molecule has 3 nitrogen and oxygen atoms in total. The molecule has 0 saturated carbocycles. The molecule has 0 atom stereocenters. The van der Waals surface area contributed by atoms with E-state index in [-0.39, 0.29) is 11.7 Å². The zero-order valence-electron chi connectivity index (χ0n) is 12.0. The second-order valence-corrected chi connectivity index (χ2v) is 4.72. The van der Waals surface area contributed by atoms with Gasteiger partial charge in [-0.2, -0.15) is 0 Å². The van der Waals surface area contributed by atoms with Crippen LogP contribution in [-0.2, 0) is 11.3 Å². The van der Waals surface area contributed by atoms with E-state index in [9.17, 15) is 8.78 Å². The van der Waals surface area contributed by atoms with Crippen LogP contribution in [0.25, 0.3) is 0 Å². The summed E-state index contributed by atoms with van der Waals surface area (Å²) in [4.78, 5) is 1.68. The van der Waals surface area contributed by atoms with E-state index < -0.39 is 11.6 Å². The van der Waals surface area contributed by atoms with Crippen molar-refractivity contribution in [3.63, 3.8) is 0 Å². The van der Waals surface area contributed by atoms with Crippen molar-refractivity contribution in [3.8, 4) is 0 Å². The van der Waals surface area contributed by atoms with Crippen molar-refractivity contribution in [2.45, 2.75) is 26.4 Å². The molecule has 108 valence electrons. The minimum atomic E-state index is -0.532. The first-order valence-corrected chi connectivity index (χ1v) is 6.39. The predicted octanol–water partition coefficient (Wildman–Crippen LogP) is 2.55. The highest BCUT2D eigenvalue weighted by Gasteiger charge is 2.20. The van der Waals surface area contributed by atoms with Gasteiger partial charge in [-0.15, -0.1) is 0 Å². The molecule has 1 N–H and O–H groups in total. The zero-order chi connectivity index (χ0) is 14.4. The highest BCUT2D eigenvalue weighted by Crippen LogP contribution is 2.26. The normalized spacial score (nSPS) is 11.1. The maximum atomic E-state index is 14.1. The first-order valence-electron chi connectivity index (χ1n) is 6.39. The number of benzene rings is 1. The van der Waals surface area contributed by atoms with E-state index in [2.05, 4.69) is 5.32 Å². The second-order valence-electron chi connectivity index (χ2n) is 4.72. The Morgan fingerprint density at radius 1 is 1.26 bits per heavy atom. The molecule has 1 aromatic rings. The lowest BCUT2D eigenvalue weighted by molar-refractivity contribution is 0.203. The van der Waals surface area contributed by atoms with Crippen LogP contribution in [0, 0.1) is 11.6 Å². The summed E-state index contributed by atoms with van der Waals surface area (Å²) < 4.78 is 33.2. The Morgan fingerprint density at radius 2 is 1.84 bits per heavy atom. The average Bonchev–Trinajstić information content (AvgIpc) is 2.32. The van der Waals surface area contributed by atoms with Crippen LogP contribution in [0.2, 0.25) is 0 Å². The number of halogens is 2. The summed E-state index contributed by atoms with van der Waals surface area (Å²) in [6.45, 7) is 5.11. The molecular weight excluding hydrogens is 250 g/mol. The molecule has 5 heteroatoms. The van der Waals surface area contributed by atoms with Crippen molar-refractivity contribution in [1.29, 1.82) is 0 Å². The van der Waals surface area contributed by atoms with Crippen molar-refractivity contribution in [2.75, 3.05) is 32.2 Å². The number of anilines is 1. The highest BCUT2D eigenvalue weighted by atomic mass is 19.1. The average molecular weight is 272 g/mol. The van der Waals surface area contributed by atoms with Gasteiger partial charge in [0.2, 0.25) is 0 Å². The molecule has 1 aromatic carbocycles. The minimum Gasteiger partial charge on any atom is -0.383 e. The SMILES string of the molecule is CNCc1cc(F)c(N(CCOC)C(C)C)c(F)c1. The highest BCUT2D eigenvalue weighted by molar-refractivity contribution is 5.51. The molecule has 0 unspecified atom stereocenters. The molecule has 0 aromatic heterocycles. The Kier molecular flexibility index (Phi) is 6.18. The third-order valence-corrected chi connectivity index (χ3v) is 2.90. The number of nitrogens with one attached hydrogen (secondary N) is 1. The fourth-order valence-electron chi connectivity index (χ4n) is 2.02. The summed E-state index contributed by atoms with van der Waals surface area (Å²) in [5.74, 6) is -1.06. The Hall–Kier alpha value is -1.20. The van der Waals surface area contributed by atoms with Gasteiger partial charge in [0.1, 0.15) is 17.3 Å². The van der Waals surface area contributed by atoms with Gasteiger partial charge in [-0.1, -0.05) is 0 Å². The van der Waals surface area contributed by atoms with Gasteiger partial charge in [0, 0.05) is 26.2 Å². The minimum absolute atomic E-state index is 0.00528. The smallest absolute Gasteiger partial charge is 0.149 e. The summed E-state index contributed by atoms with van der Waals surface area (Å²) >= 11 is 0. The van der Waals surface area contributed by atoms with Gasteiger partial charge in [0.05, 0.1) is 6.61 Å². The number of rotatable bonds is 7. The van der Waals surface area contributed by atoms with Crippen LogP contribution in [0.4, 0.5) is 14.5 Å². The zero-order valence-corrected chi connectivity index (χ0v) is 12.0. The summed E-state index contributed by atoms with van der Waals surface area (Å²) in [7, 11) is 3.31. The van der Waals surface area contributed by atoms with E-state index in [1.165, 1.54) is 12.1 Å². The van der Waals surface area contributed by atoms with Crippen LogP contribution in [0.1, 0.15) is 19.4 Å². The summed E-state index contributed by atoms with van der Waals surface area (Å²) in [6.07, 6.45) is 0. The van der Waals surface area contributed by atoms with Crippen molar-refractivity contribution in [2.24, 2.45) is 0 Å². The van der Waals surface area contributed by atoms with Crippen LogP contribution in [0.15, 0.2) is 12.1 Å². The summed E-state index contributed by atoms with van der Waals surface area (Å²) in [6, 6.07) is 2.74. The standard InChI is InChI=1S/C14H22F2N2O/c1-10(2)18(5-6-19-4)14-12(15)7-11(9-17-3)8-13(14)16/h7-8,10,17H,5-6,9H2,1-4H3. The second kappa shape index (κ2) is 7.40. The summed E-state index contributed by atoms with van der Waals surface area (Å²) in [5, 5.41) is 2.88. The van der Waals surface area contributed by atoms with E-state index in [0.29, 0.717) is 25.3 Å². The van der Waals surface area contributed by atoms with Gasteiger partial charge in [-0.25, -0.2) is 8.78 Å². The first-order chi connectivity index (χ1) is 9.01. The van der Waals surface area contributed by atoms with Gasteiger partial charge in [-0.3, -0.25) is 0 Å². The third-order valence-electron chi connectivity index (χ3n) is 2.90. The van der Waals surface area contributed by atoms with Crippen molar-refractivity contribution in [1.82, 2.24) is 5.32 Å². The molecule has 0 aliphatic carbocycles. The van der Waals surface area contributed by atoms with E-state index in [4.69, 9.17) is 4.74 Å². The van der Waals surface area contributed by atoms with Crippen LogP contribution in [-0.4, -0.2) is 33.4 Å². The molecule has 0 fully saturated rings. The van der Waals surface area contributed by atoms with Crippen molar-refractivity contribution >= 4 is 5.69 Å². The maximum Gasteiger partial charge on any atom is 0.149 e. The molecule has 0 bridgehead atoms. The van der Waals surface area contributed by atoms with Gasteiger partial charge in [0.25, 0.3) is 0 Å². The van der Waals surface area contributed by atoms with E-state index in [1.54, 1.807) is 19.1 Å². The molecule has 0 amide bonds. The van der Waals surface area contributed by atoms with Crippen LogP contribution < -0.4 is 10.2 Å². The lowest BCUT2D eigenvalue weighted by atomic mass is 10.1. The molecule has 0 radical (unpaired) electrons. The van der Waals surface area contributed by atoms with Crippen LogP contribution in [0.3, 0.4) is 0 Å². The number of ether oxygens (including phenoxy) is 1. The Bertz CT molecular complexity index is 387. The van der Waals surface area contributed by atoms with Gasteiger partial charge >= 0.3 is 0 Å². The largest absolute Gasteiger partial charge is 0.383 e. The van der Waals surface area contributed by atoms with Crippen molar-refractivity contribution in [3.05, 3.63) is 29.3 Å². The Labute approximate surface area is 113 Å². The lowest BCUT2D eigenvalue weighted by Crippen LogP contribution is -2.35. The quantitative estimate of drug-likeness (QED) is 0.825. The molecule has 0 saturated heterocycles. The first kappa shape index (κ1) is 15.9. The number of hydrogen-bond donors (Lipinski definition) is 1. The Morgan fingerprint density at radius 3 is 2.26 bits per heavy atom. The Balaban J connectivity index is 3.08. The maximum absolute atomic E-state index is 14.1. The molecule has 0 aliphatic rings. The lowest BCUT2D eigenvalue weighted by Gasteiger charge is -2.29. The summed E-state index contributed by atoms with van der Waals surface area (Å²) in [5.41, 5.74) is 0.614. The molecule has 19 heavy (non-hydrogen) atoms. The van der Waals surface area contributed by atoms with Crippen LogP contribution >= 0.6 is 0 Å². The fraction of sp³-hybridized carbons (Fsp3) is 0.571. The number of hydrogen-bond acceptors (Lipinski definition) is 3. The van der Waals surface area contributed by atoms with Gasteiger partial charge in [-0.05, 0) is 38.6 Å². The van der Waals surface area contributed by atoms with E-state index >= 15 is 0 Å². The molecule has 0 heterocycles. The fourth-order valence-corrected chi connectivity index (χ4v) is 2.02. The number of methoxy groups -OCH3 is 1. The molecular formula is C14H22F2N2O. The van der Waals surface area contributed by atoms with Gasteiger partial charge in [0.15, 0.2) is 0 Å². The van der Waals surface area contributed by atoms with Crippen molar-refractivity contribution < 1.29 is 13.5 Å². The topological polar surface area (TPSA) is 24.5 Å². The van der Waals surface area contributed by atoms with Gasteiger partial charge < -0.3 is 15.0 Å².